The van der Waals surface area contributed by atoms with Gasteiger partial charge in [-0.05, 0) is 18.6 Å². The van der Waals surface area contributed by atoms with Crippen LogP contribution >= 0.6 is 0 Å². The van der Waals surface area contributed by atoms with Gasteiger partial charge in [-0.3, -0.25) is 10.1 Å². The lowest BCUT2D eigenvalue weighted by Gasteiger charge is -2.17. The standard InChI is InChI=1S/C18H21N3O3Si/c1-11-6-7-12(10-13(11)21(22)23)15-16-14(24-2)8-9-19-17(16)20-18(15)25(3,4)5/h6-10H,1-5H3,(H,19,20). The zero-order valence-electron chi connectivity index (χ0n) is 15.0. The lowest BCUT2D eigenvalue weighted by molar-refractivity contribution is -0.385. The van der Waals surface area contributed by atoms with Gasteiger partial charge in [0.15, 0.2) is 0 Å². The zero-order chi connectivity index (χ0) is 18.4. The average molecular weight is 355 g/mol. The molecule has 3 rings (SSSR count). The zero-order valence-corrected chi connectivity index (χ0v) is 16.0. The fraction of sp³-hybridized carbons (Fsp3) is 0.278. The first kappa shape index (κ1) is 17.2. The summed E-state index contributed by atoms with van der Waals surface area (Å²) < 4.78 is 5.54. The van der Waals surface area contributed by atoms with Crippen LogP contribution in [0.4, 0.5) is 5.69 Å². The highest BCUT2D eigenvalue weighted by atomic mass is 28.3. The Bertz CT molecular complexity index is 974. The molecule has 0 radical (unpaired) electrons. The third-order valence-corrected chi connectivity index (χ3v) is 6.20. The minimum Gasteiger partial charge on any atom is -0.496 e. The molecule has 3 aromatic rings. The molecule has 2 aromatic heterocycles. The van der Waals surface area contributed by atoms with Gasteiger partial charge in [0.25, 0.3) is 5.69 Å². The Morgan fingerprint density at radius 1 is 1.24 bits per heavy atom. The van der Waals surface area contributed by atoms with Crippen LogP contribution in [0.1, 0.15) is 5.56 Å². The van der Waals surface area contributed by atoms with E-state index in [1.807, 2.05) is 12.1 Å². The summed E-state index contributed by atoms with van der Waals surface area (Å²) in [5, 5.41) is 13.4. The van der Waals surface area contributed by atoms with E-state index in [1.165, 1.54) is 0 Å². The van der Waals surface area contributed by atoms with E-state index in [4.69, 9.17) is 4.74 Å². The van der Waals surface area contributed by atoms with Crippen molar-refractivity contribution in [2.75, 3.05) is 7.11 Å². The summed E-state index contributed by atoms with van der Waals surface area (Å²) in [7, 11) is -0.136. The van der Waals surface area contributed by atoms with Crippen LogP contribution in [-0.2, 0) is 0 Å². The van der Waals surface area contributed by atoms with Crippen LogP contribution in [0.25, 0.3) is 22.2 Å². The van der Waals surface area contributed by atoms with Crippen LogP contribution < -0.4 is 10.1 Å². The first-order valence-corrected chi connectivity index (χ1v) is 11.5. The van der Waals surface area contributed by atoms with Gasteiger partial charge in [0.05, 0.1) is 25.5 Å². The number of nitro groups is 1. The molecule has 0 saturated carbocycles. The number of rotatable bonds is 4. The molecular formula is C18H21N3O3Si. The smallest absolute Gasteiger partial charge is 0.272 e. The average Bonchev–Trinajstić information content (AvgIpc) is 2.95. The van der Waals surface area contributed by atoms with Gasteiger partial charge in [-0.1, -0.05) is 31.8 Å². The maximum absolute atomic E-state index is 11.4. The minimum absolute atomic E-state index is 0.122. The van der Waals surface area contributed by atoms with Crippen LogP contribution in [0, 0.1) is 17.0 Å². The molecule has 130 valence electrons. The maximum Gasteiger partial charge on any atom is 0.272 e. The predicted octanol–water partition coefficient (Wildman–Crippen LogP) is 4.00. The van der Waals surface area contributed by atoms with Gasteiger partial charge >= 0.3 is 0 Å². The van der Waals surface area contributed by atoms with Gasteiger partial charge in [-0.25, -0.2) is 4.98 Å². The number of nitrogens with one attached hydrogen (secondary N) is 1. The number of aromatic nitrogens is 2. The molecule has 6 nitrogen and oxygen atoms in total. The lowest BCUT2D eigenvalue weighted by Crippen LogP contribution is -2.39. The van der Waals surface area contributed by atoms with Crippen molar-refractivity contribution in [1.29, 1.82) is 0 Å². The minimum atomic E-state index is -1.76. The predicted molar refractivity (Wildman–Crippen MR) is 102 cm³/mol. The van der Waals surface area contributed by atoms with E-state index in [2.05, 4.69) is 29.6 Å². The third-order valence-electron chi connectivity index (χ3n) is 4.32. The molecule has 0 spiro atoms. The highest BCUT2D eigenvalue weighted by molar-refractivity contribution is 6.89. The molecule has 0 aliphatic rings. The number of fused-ring (bicyclic) bond motifs is 1. The molecular weight excluding hydrogens is 334 g/mol. The summed E-state index contributed by atoms with van der Waals surface area (Å²) >= 11 is 0. The Labute approximate surface area is 147 Å². The fourth-order valence-electron chi connectivity index (χ4n) is 3.07. The Balaban J connectivity index is 2.42. The van der Waals surface area contributed by atoms with Crippen LogP contribution in [0.15, 0.2) is 30.5 Å². The van der Waals surface area contributed by atoms with Crippen LogP contribution in [-0.4, -0.2) is 30.1 Å². The van der Waals surface area contributed by atoms with Gasteiger partial charge in [0.1, 0.15) is 11.4 Å². The number of aromatic amines is 1. The summed E-state index contributed by atoms with van der Waals surface area (Å²) in [5.74, 6) is 0.712. The molecule has 0 aliphatic heterocycles. The molecule has 0 aliphatic carbocycles. The number of benzene rings is 1. The van der Waals surface area contributed by atoms with Crippen molar-refractivity contribution < 1.29 is 9.66 Å². The normalized spacial score (nSPS) is 11.7. The van der Waals surface area contributed by atoms with Gasteiger partial charge in [-0.15, -0.1) is 0 Å². The van der Waals surface area contributed by atoms with E-state index in [0.29, 0.717) is 11.3 Å². The highest BCUT2D eigenvalue weighted by Crippen LogP contribution is 2.36. The van der Waals surface area contributed by atoms with Crippen molar-refractivity contribution in [1.82, 2.24) is 9.97 Å². The van der Waals surface area contributed by atoms with Gasteiger partial charge in [0, 0.05) is 28.7 Å². The number of hydrogen-bond donors (Lipinski definition) is 1. The number of nitrogens with zero attached hydrogens (tertiary/aromatic N) is 2. The summed E-state index contributed by atoms with van der Waals surface area (Å²) in [4.78, 5) is 18.9. The number of ether oxygens (including phenoxy) is 1. The highest BCUT2D eigenvalue weighted by Gasteiger charge is 2.28. The Kier molecular flexibility index (Phi) is 4.12. The van der Waals surface area contributed by atoms with Gasteiger partial charge < -0.3 is 9.72 Å². The molecule has 25 heavy (non-hydrogen) atoms. The number of pyridine rings is 1. The largest absolute Gasteiger partial charge is 0.496 e. The molecule has 0 bridgehead atoms. The summed E-state index contributed by atoms with van der Waals surface area (Å²) in [6, 6.07) is 7.19. The first-order chi connectivity index (χ1) is 11.7. The van der Waals surface area contributed by atoms with E-state index in [-0.39, 0.29) is 10.6 Å². The molecule has 0 atom stereocenters. The number of hydrogen-bond acceptors (Lipinski definition) is 4. The molecule has 0 fully saturated rings. The van der Waals surface area contributed by atoms with Crippen LogP contribution in [0.2, 0.25) is 19.6 Å². The second-order valence-electron chi connectivity index (χ2n) is 7.12. The van der Waals surface area contributed by atoms with Crippen LogP contribution in [0.3, 0.4) is 0 Å². The number of aryl methyl sites for hydroxylation is 1. The molecule has 0 amide bonds. The Hall–Kier alpha value is -2.67. The number of methoxy groups -OCH3 is 1. The number of H-pyrrole nitrogens is 1. The van der Waals surface area contributed by atoms with Crippen molar-refractivity contribution in [3.63, 3.8) is 0 Å². The lowest BCUT2D eigenvalue weighted by atomic mass is 10.0. The third kappa shape index (κ3) is 2.91. The molecule has 1 N–H and O–H groups in total. The molecule has 0 saturated heterocycles. The Morgan fingerprint density at radius 3 is 2.56 bits per heavy atom. The topological polar surface area (TPSA) is 81.0 Å². The van der Waals surface area contributed by atoms with E-state index < -0.39 is 8.07 Å². The second-order valence-corrected chi connectivity index (χ2v) is 12.1. The van der Waals surface area contributed by atoms with Gasteiger partial charge in [0.2, 0.25) is 0 Å². The fourth-order valence-corrected chi connectivity index (χ4v) is 4.58. The molecule has 2 heterocycles. The maximum atomic E-state index is 11.4. The quantitative estimate of drug-likeness (QED) is 0.436. The number of nitro benzene ring substituents is 1. The van der Waals surface area contributed by atoms with E-state index >= 15 is 0 Å². The summed E-state index contributed by atoms with van der Waals surface area (Å²) in [6.45, 7) is 8.45. The van der Waals surface area contributed by atoms with E-state index in [9.17, 15) is 10.1 Å². The molecule has 1 aromatic carbocycles. The van der Waals surface area contributed by atoms with Crippen molar-refractivity contribution in [3.8, 4) is 16.9 Å². The van der Waals surface area contributed by atoms with Crippen molar-refractivity contribution in [2.45, 2.75) is 26.6 Å². The summed E-state index contributed by atoms with van der Waals surface area (Å²) in [6.07, 6.45) is 1.70. The van der Waals surface area contributed by atoms with Crippen molar-refractivity contribution >= 4 is 30.1 Å². The van der Waals surface area contributed by atoms with Crippen molar-refractivity contribution in [2.24, 2.45) is 0 Å². The second kappa shape index (κ2) is 6.00. The van der Waals surface area contributed by atoms with E-state index in [1.54, 1.807) is 32.4 Å². The molecule has 7 heteroatoms. The van der Waals surface area contributed by atoms with Crippen molar-refractivity contribution in [3.05, 3.63) is 46.1 Å². The Morgan fingerprint density at radius 2 is 1.96 bits per heavy atom. The molecule has 0 unspecified atom stereocenters. The van der Waals surface area contributed by atoms with Gasteiger partial charge in [-0.2, -0.15) is 0 Å². The van der Waals surface area contributed by atoms with Crippen LogP contribution in [0.5, 0.6) is 5.75 Å². The monoisotopic (exact) mass is 355 g/mol. The first-order valence-electron chi connectivity index (χ1n) is 8.04. The van der Waals surface area contributed by atoms with E-state index in [0.717, 1.165) is 27.5 Å². The SMILES string of the molecule is COc1ccnc2[nH]c([Si](C)(C)C)c(-c3ccc(C)c([N+](=O)[O-])c3)c12. The summed E-state index contributed by atoms with van der Waals surface area (Å²) in [5.41, 5.74) is 3.29.